The molecule has 1 N–H and O–H groups in total. The van der Waals surface area contributed by atoms with Gasteiger partial charge in [0, 0.05) is 12.1 Å². The first-order valence-electron chi connectivity index (χ1n) is 6.94. The van der Waals surface area contributed by atoms with E-state index in [9.17, 15) is 8.78 Å². The van der Waals surface area contributed by atoms with Crippen LogP contribution in [0, 0.1) is 11.6 Å². The summed E-state index contributed by atoms with van der Waals surface area (Å²) in [5, 5.41) is 3.51. The minimum atomic E-state index is -0.228. The Morgan fingerprint density at radius 2 is 1.85 bits per heavy atom. The van der Waals surface area contributed by atoms with Gasteiger partial charge in [0.1, 0.15) is 11.6 Å². The molecule has 1 unspecified atom stereocenters. The second-order valence-corrected chi connectivity index (χ2v) is 5.34. The van der Waals surface area contributed by atoms with Gasteiger partial charge in [-0.3, -0.25) is 0 Å². The molecule has 2 aromatic carbocycles. The third-order valence-corrected chi connectivity index (χ3v) is 4.03. The SMILES string of the molecule is C[C@H](NC1CCc2c(F)cccc21)c1ccc(F)cc1. The van der Waals surface area contributed by atoms with E-state index in [1.807, 2.05) is 13.0 Å². The fourth-order valence-electron chi connectivity index (χ4n) is 2.93. The number of hydrogen-bond donors (Lipinski definition) is 1. The summed E-state index contributed by atoms with van der Waals surface area (Å²) in [5.41, 5.74) is 2.92. The first kappa shape index (κ1) is 13.3. The van der Waals surface area contributed by atoms with Crippen molar-refractivity contribution in [1.82, 2.24) is 5.32 Å². The quantitative estimate of drug-likeness (QED) is 0.879. The van der Waals surface area contributed by atoms with E-state index in [2.05, 4.69) is 5.32 Å². The summed E-state index contributed by atoms with van der Waals surface area (Å²) >= 11 is 0. The number of rotatable bonds is 3. The standard InChI is InChI=1S/C17H17F2N/c1-11(12-5-7-13(18)8-6-12)20-17-10-9-14-15(17)3-2-4-16(14)19/h2-8,11,17,20H,9-10H2,1H3/t11-,17?/m0/s1. The summed E-state index contributed by atoms with van der Waals surface area (Å²) in [6.45, 7) is 2.05. The van der Waals surface area contributed by atoms with Gasteiger partial charge in [0.2, 0.25) is 0 Å². The zero-order chi connectivity index (χ0) is 14.1. The van der Waals surface area contributed by atoms with E-state index in [0.29, 0.717) is 0 Å². The van der Waals surface area contributed by atoms with E-state index in [-0.39, 0.29) is 23.7 Å². The molecule has 1 aliphatic rings. The molecule has 3 rings (SSSR count). The van der Waals surface area contributed by atoms with E-state index >= 15 is 0 Å². The molecule has 0 saturated heterocycles. The van der Waals surface area contributed by atoms with Gasteiger partial charge >= 0.3 is 0 Å². The van der Waals surface area contributed by atoms with Crippen molar-refractivity contribution in [3.63, 3.8) is 0 Å². The van der Waals surface area contributed by atoms with Crippen molar-refractivity contribution in [1.29, 1.82) is 0 Å². The summed E-state index contributed by atoms with van der Waals surface area (Å²) in [5.74, 6) is -0.338. The maximum atomic E-state index is 13.7. The van der Waals surface area contributed by atoms with E-state index in [4.69, 9.17) is 0 Å². The van der Waals surface area contributed by atoms with Gasteiger partial charge in [-0.2, -0.15) is 0 Å². The Hall–Kier alpha value is -1.74. The molecular weight excluding hydrogens is 256 g/mol. The average molecular weight is 273 g/mol. The van der Waals surface area contributed by atoms with Crippen molar-refractivity contribution in [2.75, 3.05) is 0 Å². The van der Waals surface area contributed by atoms with Crippen LogP contribution in [0.15, 0.2) is 42.5 Å². The number of fused-ring (bicyclic) bond motifs is 1. The van der Waals surface area contributed by atoms with Crippen LogP contribution >= 0.6 is 0 Å². The highest BCUT2D eigenvalue weighted by atomic mass is 19.1. The molecule has 0 heterocycles. The van der Waals surface area contributed by atoms with E-state index in [1.54, 1.807) is 18.2 Å². The minimum Gasteiger partial charge on any atom is -0.303 e. The molecule has 0 fully saturated rings. The number of hydrogen-bond acceptors (Lipinski definition) is 1. The Kier molecular flexibility index (Phi) is 3.53. The summed E-state index contributed by atoms with van der Waals surface area (Å²) in [4.78, 5) is 0. The van der Waals surface area contributed by atoms with Gasteiger partial charge in [-0.15, -0.1) is 0 Å². The second-order valence-electron chi connectivity index (χ2n) is 5.34. The molecule has 0 spiro atoms. The summed E-state index contributed by atoms with van der Waals surface area (Å²) in [7, 11) is 0. The van der Waals surface area contributed by atoms with Crippen LogP contribution in [0.1, 0.15) is 42.1 Å². The Bertz CT molecular complexity index is 607. The highest BCUT2D eigenvalue weighted by Gasteiger charge is 2.25. The number of nitrogens with one attached hydrogen (secondary N) is 1. The Morgan fingerprint density at radius 3 is 2.60 bits per heavy atom. The van der Waals surface area contributed by atoms with Crippen molar-refractivity contribution in [2.45, 2.75) is 31.8 Å². The average Bonchev–Trinajstić information content (AvgIpc) is 2.84. The zero-order valence-electron chi connectivity index (χ0n) is 11.4. The molecule has 2 aromatic rings. The third-order valence-electron chi connectivity index (χ3n) is 4.03. The van der Waals surface area contributed by atoms with Crippen LogP contribution < -0.4 is 5.32 Å². The summed E-state index contributed by atoms with van der Waals surface area (Å²) in [6, 6.07) is 12.0. The molecule has 20 heavy (non-hydrogen) atoms. The van der Waals surface area contributed by atoms with Crippen molar-refractivity contribution < 1.29 is 8.78 Å². The zero-order valence-corrected chi connectivity index (χ0v) is 11.4. The topological polar surface area (TPSA) is 12.0 Å². The van der Waals surface area contributed by atoms with E-state index in [0.717, 1.165) is 29.5 Å². The summed E-state index contributed by atoms with van der Waals surface area (Å²) in [6.07, 6.45) is 1.68. The van der Waals surface area contributed by atoms with Crippen LogP contribution in [0.4, 0.5) is 8.78 Å². The lowest BCUT2D eigenvalue weighted by atomic mass is 10.0. The number of benzene rings is 2. The maximum Gasteiger partial charge on any atom is 0.126 e. The highest BCUT2D eigenvalue weighted by molar-refractivity contribution is 5.36. The molecule has 0 bridgehead atoms. The van der Waals surface area contributed by atoms with Gasteiger partial charge in [-0.25, -0.2) is 8.78 Å². The molecular formula is C17H17F2N. The third kappa shape index (κ3) is 2.46. The van der Waals surface area contributed by atoms with Crippen LogP contribution in [0.2, 0.25) is 0 Å². The molecule has 2 atom stereocenters. The predicted octanol–water partition coefficient (Wildman–Crippen LogP) is 4.30. The highest BCUT2D eigenvalue weighted by Crippen LogP contribution is 2.34. The monoisotopic (exact) mass is 273 g/mol. The molecule has 3 heteroatoms. The van der Waals surface area contributed by atoms with Crippen molar-refractivity contribution in [3.05, 3.63) is 70.8 Å². The van der Waals surface area contributed by atoms with Gasteiger partial charge in [0.15, 0.2) is 0 Å². The van der Waals surface area contributed by atoms with Gasteiger partial charge in [0.25, 0.3) is 0 Å². The van der Waals surface area contributed by atoms with Crippen LogP contribution in [0.5, 0.6) is 0 Å². The first-order chi connectivity index (χ1) is 9.65. The lowest BCUT2D eigenvalue weighted by Crippen LogP contribution is -2.23. The molecule has 104 valence electrons. The largest absolute Gasteiger partial charge is 0.303 e. The fourth-order valence-corrected chi connectivity index (χ4v) is 2.93. The van der Waals surface area contributed by atoms with Crippen molar-refractivity contribution >= 4 is 0 Å². The number of halogens is 2. The van der Waals surface area contributed by atoms with Crippen LogP contribution in [0.25, 0.3) is 0 Å². The molecule has 0 aliphatic heterocycles. The minimum absolute atomic E-state index is 0.106. The molecule has 0 saturated carbocycles. The van der Waals surface area contributed by atoms with Crippen molar-refractivity contribution in [2.24, 2.45) is 0 Å². The van der Waals surface area contributed by atoms with Crippen LogP contribution in [-0.4, -0.2) is 0 Å². The van der Waals surface area contributed by atoms with Crippen LogP contribution in [0.3, 0.4) is 0 Å². The Balaban J connectivity index is 1.77. The maximum absolute atomic E-state index is 13.7. The molecule has 1 aliphatic carbocycles. The second kappa shape index (κ2) is 5.33. The molecule has 0 aromatic heterocycles. The van der Waals surface area contributed by atoms with Crippen molar-refractivity contribution in [3.8, 4) is 0 Å². The van der Waals surface area contributed by atoms with Crippen LogP contribution in [-0.2, 0) is 6.42 Å². The lowest BCUT2D eigenvalue weighted by molar-refractivity contribution is 0.464. The van der Waals surface area contributed by atoms with Gasteiger partial charge in [0.05, 0.1) is 0 Å². The van der Waals surface area contributed by atoms with E-state index < -0.39 is 0 Å². The molecule has 1 nitrogen and oxygen atoms in total. The van der Waals surface area contributed by atoms with Gasteiger partial charge in [-0.1, -0.05) is 24.3 Å². The molecule has 0 radical (unpaired) electrons. The normalized spacial score (nSPS) is 18.9. The lowest BCUT2D eigenvalue weighted by Gasteiger charge is -2.21. The molecule has 0 amide bonds. The Labute approximate surface area is 117 Å². The predicted molar refractivity (Wildman–Crippen MR) is 75.4 cm³/mol. The smallest absolute Gasteiger partial charge is 0.126 e. The Morgan fingerprint density at radius 1 is 1.10 bits per heavy atom. The first-order valence-corrected chi connectivity index (χ1v) is 6.94. The van der Waals surface area contributed by atoms with Gasteiger partial charge < -0.3 is 5.32 Å². The van der Waals surface area contributed by atoms with E-state index in [1.165, 1.54) is 18.2 Å². The fraction of sp³-hybridized carbons (Fsp3) is 0.294. The van der Waals surface area contributed by atoms with Gasteiger partial charge in [-0.05, 0) is 54.7 Å². The summed E-state index contributed by atoms with van der Waals surface area (Å²) < 4.78 is 26.6.